The Morgan fingerprint density at radius 3 is 2.65 bits per heavy atom. The van der Waals surface area contributed by atoms with Gasteiger partial charge in [0.05, 0.1) is 6.10 Å². The van der Waals surface area contributed by atoms with Crippen molar-refractivity contribution in [2.45, 2.75) is 19.4 Å². The lowest BCUT2D eigenvalue weighted by molar-refractivity contribution is 0.180. The molecule has 90 valence electrons. The fraction of sp³-hybridized carbons (Fsp3) is 0.231. The maximum atomic E-state index is 13.4. The van der Waals surface area contributed by atoms with Crippen molar-refractivity contribution in [3.63, 3.8) is 0 Å². The van der Waals surface area contributed by atoms with E-state index in [1.165, 1.54) is 23.5 Å². The third kappa shape index (κ3) is 2.70. The minimum absolute atomic E-state index is 0.160. The van der Waals surface area contributed by atoms with E-state index in [2.05, 4.69) is 0 Å². The molecule has 0 spiro atoms. The van der Waals surface area contributed by atoms with Gasteiger partial charge in [-0.2, -0.15) is 0 Å². The summed E-state index contributed by atoms with van der Waals surface area (Å²) >= 11 is 1.44. The summed E-state index contributed by atoms with van der Waals surface area (Å²) in [5.74, 6) is -1.22. The first-order valence-corrected chi connectivity index (χ1v) is 6.12. The highest BCUT2D eigenvalue weighted by Gasteiger charge is 2.15. The molecule has 0 aliphatic rings. The maximum Gasteiger partial charge on any atom is 0.129 e. The molecule has 0 saturated carbocycles. The summed E-state index contributed by atoms with van der Waals surface area (Å²) in [6, 6.07) is 5.32. The first-order valence-electron chi connectivity index (χ1n) is 5.24. The Kier molecular flexibility index (Phi) is 3.54. The molecule has 2 rings (SSSR count). The number of rotatable bonds is 3. The molecule has 1 aromatic heterocycles. The van der Waals surface area contributed by atoms with Gasteiger partial charge in [-0.05, 0) is 35.6 Å². The average Bonchev–Trinajstić information content (AvgIpc) is 2.68. The molecule has 17 heavy (non-hydrogen) atoms. The normalized spacial score (nSPS) is 12.7. The van der Waals surface area contributed by atoms with E-state index in [1.54, 1.807) is 0 Å². The number of hydrogen-bond donors (Lipinski definition) is 1. The molecule has 1 heterocycles. The second kappa shape index (κ2) is 4.94. The largest absolute Gasteiger partial charge is 0.387 e. The topological polar surface area (TPSA) is 20.2 Å². The molecule has 4 heteroatoms. The Morgan fingerprint density at radius 1 is 1.29 bits per heavy atom. The van der Waals surface area contributed by atoms with Crippen molar-refractivity contribution < 1.29 is 13.9 Å². The Bertz CT molecular complexity index is 522. The van der Waals surface area contributed by atoms with Gasteiger partial charge in [-0.15, -0.1) is 11.3 Å². The predicted molar refractivity (Wildman–Crippen MR) is 64.1 cm³/mol. The predicted octanol–water partition coefficient (Wildman–Crippen LogP) is 3.61. The number of benzene rings is 1. The molecule has 1 N–H and O–H groups in total. The smallest absolute Gasteiger partial charge is 0.129 e. The Morgan fingerprint density at radius 2 is 2.06 bits per heavy atom. The van der Waals surface area contributed by atoms with Gasteiger partial charge in [0.1, 0.15) is 11.6 Å². The van der Waals surface area contributed by atoms with Gasteiger partial charge < -0.3 is 5.11 Å². The van der Waals surface area contributed by atoms with E-state index >= 15 is 0 Å². The van der Waals surface area contributed by atoms with E-state index in [0.717, 1.165) is 16.5 Å². The standard InChI is InChI=1S/C13H12F2OS/c1-8-4-5-17-13(8)12(16)6-9-2-3-10(14)7-11(9)15/h2-5,7,12,16H,6H2,1H3. The Balaban J connectivity index is 2.19. The second-order valence-corrected chi connectivity index (χ2v) is 4.87. The number of aliphatic hydroxyl groups is 1. The lowest BCUT2D eigenvalue weighted by Gasteiger charge is -2.10. The lowest BCUT2D eigenvalue weighted by atomic mass is 10.0. The molecule has 1 unspecified atom stereocenters. The van der Waals surface area contributed by atoms with Gasteiger partial charge in [0.2, 0.25) is 0 Å². The third-order valence-electron chi connectivity index (χ3n) is 2.63. The van der Waals surface area contributed by atoms with Gasteiger partial charge in [-0.1, -0.05) is 6.07 Å². The number of aliphatic hydroxyl groups excluding tert-OH is 1. The molecular formula is C13H12F2OS. The molecule has 0 saturated heterocycles. The first kappa shape index (κ1) is 12.2. The van der Waals surface area contributed by atoms with Crippen molar-refractivity contribution in [2.75, 3.05) is 0 Å². The molecule has 0 fully saturated rings. The summed E-state index contributed by atoms with van der Waals surface area (Å²) in [5.41, 5.74) is 1.32. The summed E-state index contributed by atoms with van der Waals surface area (Å²) in [4.78, 5) is 0.828. The van der Waals surface area contributed by atoms with Gasteiger partial charge in [0, 0.05) is 17.4 Å². The fourth-order valence-electron chi connectivity index (χ4n) is 1.71. The fourth-order valence-corrected chi connectivity index (χ4v) is 2.63. The molecule has 1 aromatic carbocycles. The van der Waals surface area contributed by atoms with E-state index in [-0.39, 0.29) is 6.42 Å². The van der Waals surface area contributed by atoms with E-state index in [1.807, 2.05) is 18.4 Å². The Hall–Kier alpha value is -1.26. The van der Waals surface area contributed by atoms with Crippen LogP contribution in [0, 0.1) is 18.6 Å². The zero-order chi connectivity index (χ0) is 12.4. The van der Waals surface area contributed by atoms with E-state index in [0.29, 0.717) is 5.56 Å². The van der Waals surface area contributed by atoms with Crippen LogP contribution < -0.4 is 0 Å². The van der Waals surface area contributed by atoms with Gasteiger partial charge in [-0.3, -0.25) is 0 Å². The molecule has 0 amide bonds. The minimum atomic E-state index is -0.741. The van der Waals surface area contributed by atoms with Crippen LogP contribution in [0.2, 0.25) is 0 Å². The molecule has 1 atom stereocenters. The molecular weight excluding hydrogens is 242 g/mol. The molecule has 2 aromatic rings. The zero-order valence-corrected chi connectivity index (χ0v) is 10.1. The van der Waals surface area contributed by atoms with Crippen molar-refractivity contribution in [3.05, 3.63) is 57.3 Å². The maximum absolute atomic E-state index is 13.4. The van der Waals surface area contributed by atoms with Crippen molar-refractivity contribution in [2.24, 2.45) is 0 Å². The highest BCUT2D eigenvalue weighted by molar-refractivity contribution is 7.10. The van der Waals surface area contributed by atoms with Gasteiger partial charge >= 0.3 is 0 Å². The quantitative estimate of drug-likeness (QED) is 0.887. The van der Waals surface area contributed by atoms with Crippen molar-refractivity contribution in [1.82, 2.24) is 0 Å². The summed E-state index contributed by atoms with van der Waals surface area (Å²) in [6.07, 6.45) is -0.581. The highest BCUT2D eigenvalue weighted by Crippen LogP contribution is 2.27. The number of hydrogen-bond acceptors (Lipinski definition) is 2. The van der Waals surface area contributed by atoms with Crippen LogP contribution in [0.3, 0.4) is 0 Å². The average molecular weight is 254 g/mol. The third-order valence-corrected chi connectivity index (χ3v) is 3.75. The van der Waals surface area contributed by atoms with E-state index < -0.39 is 17.7 Å². The molecule has 0 aliphatic heterocycles. The minimum Gasteiger partial charge on any atom is -0.387 e. The Labute approximate surface area is 102 Å². The van der Waals surface area contributed by atoms with Gasteiger partial charge in [0.25, 0.3) is 0 Å². The van der Waals surface area contributed by atoms with Crippen LogP contribution in [0.25, 0.3) is 0 Å². The number of thiophene rings is 1. The van der Waals surface area contributed by atoms with Crippen LogP contribution in [0.15, 0.2) is 29.6 Å². The van der Waals surface area contributed by atoms with Crippen molar-refractivity contribution in [3.8, 4) is 0 Å². The molecule has 0 aliphatic carbocycles. The summed E-state index contributed by atoms with van der Waals surface area (Å²) in [7, 11) is 0. The summed E-state index contributed by atoms with van der Waals surface area (Å²) in [5, 5.41) is 11.9. The van der Waals surface area contributed by atoms with Crippen LogP contribution in [-0.4, -0.2) is 5.11 Å². The van der Waals surface area contributed by atoms with E-state index in [9.17, 15) is 13.9 Å². The number of halogens is 2. The van der Waals surface area contributed by atoms with Gasteiger partial charge in [0.15, 0.2) is 0 Å². The molecule has 1 nitrogen and oxygen atoms in total. The molecule has 0 bridgehead atoms. The monoisotopic (exact) mass is 254 g/mol. The van der Waals surface area contributed by atoms with Crippen molar-refractivity contribution in [1.29, 1.82) is 0 Å². The highest BCUT2D eigenvalue weighted by atomic mass is 32.1. The van der Waals surface area contributed by atoms with Crippen LogP contribution in [0.5, 0.6) is 0 Å². The lowest BCUT2D eigenvalue weighted by Crippen LogP contribution is -2.03. The van der Waals surface area contributed by atoms with Crippen LogP contribution in [0.1, 0.15) is 22.1 Å². The zero-order valence-electron chi connectivity index (χ0n) is 9.28. The van der Waals surface area contributed by atoms with E-state index in [4.69, 9.17) is 0 Å². The van der Waals surface area contributed by atoms with Crippen LogP contribution in [-0.2, 0) is 6.42 Å². The second-order valence-electron chi connectivity index (χ2n) is 3.92. The van der Waals surface area contributed by atoms with Crippen LogP contribution >= 0.6 is 11.3 Å². The van der Waals surface area contributed by atoms with Gasteiger partial charge in [-0.25, -0.2) is 8.78 Å². The summed E-state index contributed by atoms with van der Waals surface area (Å²) < 4.78 is 26.1. The number of aryl methyl sites for hydroxylation is 1. The van der Waals surface area contributed by atoms with Crippen molar-refractivity contribution >= 4 is 11.3 Å². The SMILES string of the molecule is Cc1ccsc1C(O)Cc1ccc(F)cc1F. The summed E-state index contributed by atoms with van der Waals surface area (Å²) in [6.45, 7) is 1.90. The first-order chi connectivity index (χ1) is 8.08. The van der Waals surface area contributed by atoms with Crippen LogP contribution in [0.4, 0.5) is 8.78 Å². The molecule has 0 radical (unpaired) electrons.